The van der Waals surface area contributed by atoms with E-state index in [1.807, 2.05) is 6.92 Å². The van der Waals surface area contributed by atoms with E-state index in [0.29, 0.717) is 6.61 Å². The van der Waals surface area contributed by atoms with Gasteiger partial charge in [0, 0.05) is 13.7 Å². The highest BCUT2D eigenvalue weighted by molar-refractivity contribution is 5.75. The fourth-order valence-electron chi connectivity index (χ4n) is 2.64. The van der Waals surface area contributed by atoms with Gasteiger partial charge in [-0.3, -0.25) is 9.69 Å². The number of nitrogens with zero attached hydrogens (tertiary/aromatic N) is 1. The third kappa shape index (κ3) is 3.95. The normalized spacial score (nSPS) is 26.9. The van der Waals surface area contributed by atoms with Crippen LogP contribution in [0, 0.1) is 0 Å². The molecule has 1 aliphatic rings. The Morgan fingerprint density at radius 2 is 2.17 bits per heavy atom. The van der Waals surface area contributed by atoms with Crippen LogP contribution in [-0.2, 0) is 14.3 Å². The number of esters is 1. The fraction of sp³-hybridized carbons (Fsp3) is 0.929. The molecule has 0 aromatic carbocycles. The molecule has 0 spiro atoms. The van der Waals surface area contributed by atoms with Gasteiger partial charge in [0.1, 0.15) is 6.04 Å². The van der Waals surface area contributed by atoms with Crippen LogP contribution in [0.5, 0.6) is 0 Å². The predicted molar refractivity (Wildman–Crippen MR) is 71.6 cm³/mol. The van der Waals surface area contributed by atoms with Crippen LogP contribution in [0.1, 0.15) is 46.5 Å². The molecule has 0 N–H and O–H groups in total. The second-order valence-electron chi connectivity index (χ2n) is 5.28. The number of carbonyl (C=O) groups excluding carboxylic acids is 1. The van der Waals surface area contributed by atoms with Crippen LogP contribution < -0.4 is 0 Å². The number of methoxy groups -OCH3 is 1. The van der Waals surface area contributed by atoms with Crippen LogP contribution in [0.2, 0.25) is 0 Å². The monoisotopic (exact) mass is 257 g/mol. The maximum atomic E-state index is 12.0. The number of ether oxygens (including phenoxy) is 2. The van der Waals surface area contributed by atoms with E-state index in [9.17, 15) is 4.79 Å². The van der Waals surface area contributed by atoms with Crippen LogP contribution in [0.3, 0.4) is 0 Å². The molecule has 2 atom stereocenters. The van der Waals surface area contributed by atoms with E-state index in [4.69, 9.17) is 9.47 Å². The lowest BCUT2D eigenvalue weighted by Gasteiger charge is -2.42. The van der Waals surface area contributed by atoms with Gasteiger partial charge in [0.15, 0.2) is 0 Å². The summed E-state index contributed by atoms with van der Waals surface area (Å²) in [5, 5.41) is 0. The Labute approximate surface area is 111 Å². The SMILES string of the molecule is CCCC(C(=O)OCC)N1CCCC(C)(OC)C1. The molecule has 0 radical (unpaired) electrons. The summed E-state index contributed by atoms with van der Waals surface area (Å²) in [6.45, 7) is 8.30. The van der Waals surface area contributed by atoms with Crippen molar-refractivity contribution in [2.24, 2.45) is 0 Å². The first-order chi connectivity index (χ1) is 8.56. The minimum Gasteiger partial charge on any atom is -0.465 e. The maximum absolute atomic E-state index is 12.0. The number of likely N-dealkylation sites (tertiary alicyclic amines) is 1. The summed E-state index contributed by atoms with van der Waals surface area (Å²) in [6, 6.07) is -0.107. The van der Waals surface area contributed by atoms with Gasteiger partial charge in [0.25, 0.3) is 0 Å². The van der Waals surface area contributed by atoms with Gasteiger partial charge in [0.05, 0.1) is 12.2 Å². The van der Waals surface area contributed by atoms with Crippen LogP contribution in [-0.4, -0.2) is 49.3 Å². The average Bonchev–Trinajstić information content (AvgIpc) is 2.36. The van der Waals surface area contributed by atoms with Crippen molar-refractivity contribution in [2.45, 2.75) is 58.1 Å². The quantitative estimate of drug-likeness (QED) is 0.684. The predicted octanol–water partition coefficient (Wildman–Crippen LogP) is 2.22. The van der Waals surface area contributed by atoms with Gasteiger partial charge in [-0.05, 0) is 39.7 Å². The van der Waals surface area contributed by atoms with E-state index in [1.54, 1.807) is 7.11 Å². The molecule has 1 heterocycles. The lowest BCUT2D eigenvalue weighted by Crippen LogP contribution is -2.53. The zero-order chi connectivity index (χ0) is 13.6. The molecule has 0 saturated carbocycles. The first-order valence-electron chi connectivity index (χ1n) is 7.02. The highest BCUT2D eigenvalue weighted by Gasteiger charge is 2.36. The Morgan fingerprint density at radius 1 is 1.44 bits per heavy atom. The lowest BCUT2D eigenvalue weighted by molar-refractivity contribution is -0.153. The molecule has 0 bridgehead atoms. The summed E-state index contributed by atoms with van der Waals surface area (Å²) in [5.74, 6) is -0.0836. The standard InChI is InChI=1S/C14H27NO3/c1-5-8-12(13(16)18-6-2)15-10-7-9-14(3,11-15)17-4/h12H,5-11H2,1-4H3. The Balaban J connectivity index is 2.69. The van der Waals surface area contributed by atoms with Crippen LogP contribution in [0.15, 0.2) is 0 Å². The minimum atomic E-state index is -0.128. The van der Waals surface area contributed by atoms with Crippen molar-refractivity contribution in [1.82, 2.24) is 4.90 Å². The zero-order valence-corrected chi connectivity index (χ0v) is 12.2. The lowest BCUT2D eigenvalue weighted by atomic mass is 9.93. The van der Waals surface area contributed by atoms with Crippen LogP contribution >= 0.6 is 0 Å². The average molecular weight is 257 g/mol. The van der Waals surface area contributed by atoms with E-state index in [1.165, 1.54) is 0 Å². The molecular formula is C14H27NO3. The number of hydrogen-bond donors (Lipinski definition) is 0. The van der Waals surface area contributed by atoms with Crippen molar-refractivity contribution < 1.29 is 14.3 Å². The molecule has 2 unspecified atom stereocenters. The second-order valence-corrected chi connectivity index (χ2v) is 5.28. The Morgan fingerprint density at radius 3 is 2.72 bits per heavy atom. The van der Waals surface area contributed by atoms with Gasteiger partial charge < -0.3 is 9.47 Å². The van der Waals surface area contributed by atoms with Gasteiger partial charge in [-0.15, -0.1) is 0 Å². The third-order valence-electron chi connectivity index (χ3n) is 3.74. The highest BCUT2D eigenvalue weighted by Crippen LogP contribution is 2.26. The van der Waals surface area contributed by atoms with Crippen molar-refractivity contribution in [3.8, 4) is 0 Å². The number of carbonyl (C=O) groups is 1. The molecule has 18 heavy (non-hydrogen) atoms. The van der Waals surface area contributed by atoms with Crippen molar-refractivity contribution in [2.75, 3.05) is 26.8 Å². The van der Waals surface area contributed by atoms with E-state index in [-0.39, 0.29) is 17.6 Å². The molecule has 1 aliphatic heterocycles. The van der Waals surface area contributed by atoms with Gasteiger partial charge in [-0.1, -0.05) is 13.3 Å². The summed E-state index contributed by atoms with van der Waals surface area (Å²) in [5.41, 5.74) is -0.128. The molecule has 1 saturated heterocycles. The van der Waals surface area contributed by atoms with Gasteiger partial charge in [-0.2, -0.15) is 0 Å². The first kappa shape index (κ1) is 15.4. The Hall–Kier alpha value is -0.610. The molecular weight excluding hydrogens is 230 g/mol. The highest BCUT2D eigenvalue weighted by atomic mass is 16.5. The van der Waals surface area contributed by atoms with Gasteiger partial charge in [-0.25, -0.2) is 0 Å². The molecule has 1 rings (SSSR count). The van der Waals surface area contributed by atoms with Crippen molar-refractivity contribution in [1.29, 1.82) is 0 Å². The van der Waals surface area contributed by atoms with Crippen LogP contribution in [0.25, 0.3) is 0 Å². The molecule has 0 aromatic heterocycles. The van der Waals surface area contributed by atoms with Crippen LogP contribution in [0.4, 0.5) is 0 Å². The minimum absolute atomic E-state index is 0.0836. The summed E-state index contributed by atoms with van der Waals surface area (Å²) in [4.78, 5) is 14.3. The molecule has 4 nitrogen and oxygen atoms in total. The third-order valence-corrected chi connectivity index (χ3v) is 3.74. The van der Waals surface area contributed by atoms with E-state index in [2.05, 4.69) is 18.7 Å². The maximum Gasteiger partial charge on any atom is 0.323 e. The summed E-state index contributed by atoms with van der Waals surface area (Å²) in [7, 11) is 1.75. The van der Waals surface area contributed by atoms with Crippen molar-refractivity contribution in [3.63, 3.8) is 0 Å². The topological polar surface area (TPSA) is 38.8 Å². The Bertz CT molecular complexity index is 270. The summed E-state index contributed by atoms with van der Waals surface area (Å²) >= 11 is 0. The van der Waals surface area contributed by atoms with E-state index >= 15 is 0 Å². The van der Waals surface area contributed by atoms with Gasteiger partial charge in [0.2, 0.25) is 0 Å². The molecule has 0 aromatic rings. The molecule has 1 fully saturated rings. The van der Waals surface area contributed by atoms with E-state index < -0.39 is 0 Å². The molecule has 0 amide bonds. The summed E-state index contributed by atoms with van der Waals surface area (Å²) < 4.78 is 10.8. The van der Waals surface area contributed by atoms with Crippen molar-refractivity contribution >= 4 is 5.97 Å². The number of hydrogen-bond acceptors (Lipinski definition) is 4. The number of rotatable bonds is 6. The number of piperidine rings is 1. The van der Waals surface area contributed by atoms with E-state index in [0.717, 1.165) is 38.8 Å². The van der Waals surface area contributed by atoms with Gasteiger partial charge >= 0.3 is 5.97 Å². The second kappa shape index (κ2) is 7.10. The van der Waals surface area contributed by atoms with Crippen molar-refractivity contribution in [3.05, 3.63) is 0 Å². The smallest absolute Gasteiger partial charge is 0.323 e. The molecule has 4 heteroatoms. The largest absolute Gasteiger partial charge is 0.465 e. The molecule has 0 aliphatic carbocycles. The first-order valence-corrected chi connectivity index (χ1v) is 7.02. The fourth-order valence-corrected chi connectivity index (χ4v) is 2.64. The Kier molecular flexibility index (Phi) is 6.09. The molecule has 106 valence electrons. The summed E-state index contributed by atoms with van der Waals surface area (Å²) in [6.07, 6.45) is 3.98. The zero-order valence-electron chi connectivity index (χ0n) is 12.2.